The number of furan rings is 1. The average Bonchev–Trinajstić information content (AvgIpc) is 4.08. The normalized spacial score (nSPS) is 12.7. The first-order valence-corrected chi connectivity index (χ1v) is 24.1. The minimum absolute atomic E-state index is 0.537. The van der Waals surface area contributed by atoms with Crippen LogP contribution in [0.1, 0.15) is 22.3 Å². The maximum absolute atomic E-state index is 6.18. The van der Waals surface area contributed by atoms with Crippen LogP contribution >= 0.6 is 0 Å². The second kappa shape index (κ2) is 16.0. The molecule has 0 aliphatic heterocycles. The van der Waals surface area contributed by atoms with Gasteiger partial charge < -0.3 is 13.9 Å². The van der Waals surface area contributed by atoms with Crippen LogP contribution in [0.3, 0.4) is 0 Å². The highest BCUT2D eigenvalue weighted by molar-refractivity contribution is 6.10. The summed E-state index contributed by atoms with van der Waals surface area (Å²) >= 11 is 0. The van der Waals surface area contributed by atoms with Crippen molar-refractivity contribution in [3.8, 4) is 39.1 Å². The minimum Gasteiger partial charge on any atom is -0.456 e. The zero-order valence-corrected chi connectivity index (χ0v) is 38.2. The van der Waals surface area contributed by atoms with Gasteiger partial charge in [0.15, 0.2) is 0 Å². The Morgan fingerprint density at radius 1 is 0.343 bits per heavy atom. The summed E-state index contributed by atoms with van der Waals surface area (Å²) in [5.74, 6) is 0. The lowest BCUT2D eigenvalue weighted by atomic mass is 9.68. The fourth-order valence-electron chi connectivity index (χ4n) is 11.6. The van der Waals surface area contributed by atoms with Gasteiger partial charge in [-0.2, -0.15) is 0 Å². The third kappa shape index (κ3) is 6.08. The van der Waals surface area contributed by atoms with Crippen LogP contribution in [-0.2, 0) is 5.41 Å². The molecule has 3 heteroatoms. The van der Waals surface area contributed by atoms with E-state index >= 15 is 0 Å². The molecule has 0 spiro atoms. The Hall–Kier alpha value is -9.18. The van der Waals surface area contributed by atoms with Crippen molar-refractivity contribution in [3.05, 3.63) is 289 Å². The fraction of sp³-hybridized carbons (Fsp3) is 0.0149. The van der Waals surface area contributed by atoms with Gasteiger partial charge in [0.1, 0.15) is 11.2 Å². The number of benzene rings is 11. The van der Waals surface area contributed by atoms with E-state index in [9.17, 15) is 0 Å². The quantitative estimate of drug-likeness (QED) is 0.152. The Labute approximate surface area is 406 Å². The molecule has 1 aliphatic carbocycles. The smallest absolute Gasteiger partial charge is 0.135 e. The third-order valence-electron chi connectivity index (χ3n) is 14.7. The van der Waals surface area contributed by atoms with Crippen molar-refractivity contribution in [2.45, 2.75) is 5.41 Å². The van der Waals surface area contributed by atoms with Crippen molar-refractivity contribution in [2.75, 3.05) is 4.90 Å². The standard InChI is InChI=1S/C67H44N2O/c1-3-20-49(21-4-1)67(50-22-5-2-6-23-50)59-30-11-7-29-57(59)66-60(67)31-17-34-63(66)68(52-24-16-25-53(44-52)69-61-32-12-8-26-54(61)55-27-9-13-33-62(55)69)51-39-36-45(37-40-51)46-18-15-19-47(42-46)48-38-41-65-58(43-48)56-28-10-14-35-64(56)70-65/h1-44H. The molecule has 0 bridgehead atoms. The largest absolute Gasteiger partial charge is 0.456 e. The summed E-state index contributed by atoms with van der Waals surface area (Å²) in [4.78, 5) is 2.48. The Kier molecular flexibility index (Phi) is 9.11. The van der Waals surface area contributed by atoms with Gasteiger partial charge >= 0.3 is 0 Å². The van der Waals surface area contributed by atoms with Crippen molar-refractivity contribution < 1.29 is 4.42 Å². The van der Waals surface area contributed by atoms with Gasteiger partial charge in [-0.3, -0.25) is 0 Å². The highest BCUT2D eigenvalue weighted by atomic mass is 16.3. The highest BCUT2D eigenvalue weighted by Crippen LogP contribution is 2.59. The Morgan fingerprint density at radius 3 is 1.64 bits per heavy atom. The van der Waals surface area contributed by atoms with E-state index in [4.69, 9.17) is 4.42 Å². The molecule has 70 heavy (non-hydrogen) atoms. The van der Waals surface area contributed by atoms with Gasteiger partial charge in [-0.1, -0.05) is 194 Å². The number of hydrogen-bond acceptors (Lipinski definition) is 2. The van der Waals surface area contributed by atoms with Gasteiger partial charge in [-0.05, 0) is 123 Å². The molecule has 0 amide bonds. The van der Waals surface area contributed by atoms with Crippen LogP contribution in [0.4, 0.5) is 17.1 Å². The topological polar surface area (TPSA) is 21.3 Å². The molecule has 0 saturated heterocycles. The molecule has 0 radical (unpaired) electrons. The molecule has 0 fully saturated rings. The predicted molar refractivity (Wildman–Crippen MR) is 291 cm³/mol. The molecule has 328 valence electrons. The van der Waals surface area contributed by atoms with Crippen molar-refractivity contribution in [1.29, 1.82) is 0 Å². The first-order chi connectivity index (χ1) is 34.7. The SMILES string of the molecule is c1ccc(C2(c3ccccc3)c3ccccc3-c3c(N(c4ccc(-c5cccc(-c6ccc7oc8ccccc8c7c6)c5)cc4)c4cccc(-n5c6ccccc6c6ccccc65)c4)cccc32)cc1. The Balaban J connectivity index is 0.958. The van der Waals surface area contributed by atoms with Crippen LogP contribution in [0.25, 0.3) is 82.8 Å². The predicted octanol–water partition coefficient (Wildman–Crippen LogP) is 17.8. The molecule has 2 heterocycles. The number of anilines is 3. The number of aromatic nitrogens is 1. The number of para-hydroxylation sites is 3. The van der Waals surface area contributed by atoms with Crippen LogP contribution in [0, 0.1) is 0 Å². The Morgan fingerprint density at radius 2 is 0.900 bits per heavy atom. The lowest BCUT2D eigenvalue weighted by Crippen LogP contribution is -2.28. The van der Waals surface area contributed by atoms with E-state index in [0.717, 1.165) is 66.9 Å². The summed E-state index contributed by atoms with van der Waals surface area (Å²) in [5.41, 5.74) is 20.1. The van der Waals surface area contributed by atoms with Crippen LogP contribution in [0.2, 0.25) is 0 Å². The van der Waals surface area contributed by atoms with E-state index in [0.29, 0.717) is 0 Å². The monoisotopic (exact) mass is 892 g/mol. The molecule has 0 unspecified atom stereocenters. The third-order valence-corrected chi connectivity index (χ3v) is 14.7. The van der Waals surface area contributed by atoms with Gasteiger partial charge in [0.05, 0.1) is 22.1 Å². The van der Waals surface area contributed by atoms with Crippen LogP contribution in [-0.4, -0.2) is 4.57 Å². The number of rotatable bonds is 8. The molecule has 2 aromatic heterocycles. The van der Waals surface area contributed by atoms with Gasteiger partial charge in [-0.15, -0.1) is 0 Å². The lowest BCUT2D eigenvalue weighted by Gasteiger charge is -2.34. The second-order valence-electron chi connectivity index (χ2n) is 18.4. The first-order valence-electron chi connectivity index (χ1n) is 24.1. The van der Waals surface area contributed by atoms with Gasteiger partial charge in [-0.25, -0.2) is 0 Å². The second-order valence-corrected chi connectivity index (χ2v) is 18.4. The zero-order chi connectivity index (χ0) is 46.2. The summed E-state index contributed by atoms with van der Waals surface area (Å²) in [6.45, 7) is 0. The number of nitrogens with zero attached hydrogens (tertiary/aromatic N) is 2. The van der Waals surface area contributed by atoms with E-state index < -0.39 is 5.41 Å². The summed E-state index contributed by atoms with van der Waals surface area (Å²) in [6, 6.07) is 97.5. The van der Waals surface area contributed by atoms with E-state index in [1.54, 1.807) is 0 Å². The molecule has 1 aliphatic rings. The van der Waals surface area contributed by atoms with Crippen molar-refractivity contribution in [3.63, 3.8) is 0 Å². The molecule has 13 aromatic rings. The summed E-state index contributed by atoms with van der Waals surface area (Å²) in [6.07, 6.45) is 0. The van der Waals surface area contributed by atoms with Crippen molar-refractivity contribution in [2.24, 2.45) is 0 Å². The molecule has 3 nitrogen and oxygen atoms in total. The first kappa shape index (κ1) is 39.9. The van der Waals surface area contributed by atoms with Crippen LogP contribution in [0.5, 0.6) is 0 Å². The Bertz CT molecular complexity index is 4030. The molecule has 0 atom stereocenters. The van der Waals surface area contributed by atoms with Gasteiger partial charge in [0.25, 0.3) is 0 Å². The number of fused-ring (bicyclic) bond motifs is 9. The van der Waals surface area contributed by atoms with E-state index in [-0.39, 0.29) is 0 Å². The summed E-state index contributed by atoms with van der Waals surface area (Å²) < 4.78 is 8.59. The summed E-state index contributed by atoms with van der Waals surface area (Å²) in [7, 11) is 0. The van der Waals surface area contributed by atoms with E-state index in [1.807, 2.05) is 12.1 Å². The van der Waals surface area contributed by atoms with Crippen molar-refractivity contribution in [1.82, 2.24) is 4.57 Å². The van der Waals surface area contributed by atoms with E-state index in [2.05, 4.69) is 264 Å². The molecular formula is C67H44N2O. The molecule has 14 rings (SSSR count). The zero-order valence-electron chi connectivity index (χ0n) is 38.2. The van der Waals surface area contributed by atoms with E-state index in [1.165, 1.54) is 55.2 Å². The highest BCUT2D eigenvalue weighted by Gasteiger charge is 2.47. The maximum Gasteiger partial charge on any atom is 0.135 e. The molecule has 11 aromatic carbocycles. The lowest BCUT2D eigenvalue weighted by molar-refractivity contribution is 0.669. The maximum atomic E-state index is 6.18. The van der Waals surface area contributed by atoms with Crippen molar-refractivity contribution >= 4 is 60.8 Å². The minimum atomic E-state index is -0.537. The molecule has 0 N–H and O–H groups in total. The fourth-order valence-corrected chi connectivity index (χ4v) is 11.6. The van der Waals surface area contributed by atoms with Crippen LogP contribution < -0.4 is 4.90 Å². The molecule has 0 saturated carbocycles. The van der Waals surface area contributed by atoms with Gasteiger partial charge in [0.2, 0.25) is 0 Å². The van der Waals surface area contributed by atoms with Crippen LogP contribution in [0.15, 0.2) is 271 Å². The van der Waals surface area contributed by atoms with Gasteiger partial charge in [0, 0.05) is 44.2 Å². The number of hydrogen-bond donors (Lipinski definition) is 0. The average molecular weight is 893 g/mol. The summed E-state index contributed by atoms with van der Waals surface area (Å²) in [5, 5.41) is 4.75. The molecular weight excluding hydrogens is 849 g/mol.